The van der Waals surface area contributed by atoms with Crippen LogP contribution < -0.4 is 19.5 Å². The lowest BCUT2D eigenvalue weighted by Gasteiger charge is -2.22. The summed E-state index contributed by atoms with van der Waals surface area (Å²) in [6.45, 7) is 9.27. The van der Waals surface area contributed by atoms with Gasteiger partial charge in [-0.15, -0.1) is 0 Å². The minimum absolute atomic E-state index is 0.00130. The van der Waals surface area contributed by atoms with E-state index in [1.807, 2.05) is 32.9 Å². The van der Waals surface area contributed by atoms with E-state index < -0.39 is 16.1 Å². The second-order valence-electron chi connectivity index (χ2n) is 9.64. The highest BCUT2D eigenvalue weighted by Crippen LogP contribution is 2.37. The number of pyridine rings is 1. The zero-order valence-corrected chi connectivity index (χ0v) is 25.4. The van der Waals surface area contributed by atoms with Crippen molar-refractivity contribution in [1.29, 1.82) is 0 Å². The van der Waals surface area contributed by atoms with Crippen molar-refractivity contribution in [3.63, 3.8) is 0 Å². The highest BCUT2D eigenvalue weighted by Gasteiger charge is 2.27. The Kier molecular flexibility index (Phi) is 12.2. The van der Waals surface area contributed by atoms with Crippen molar-refractivity contribution in [3.05, 3.63) is 47.9 Å². The molecule has 3 rings (SSSR count). The van der Waals surface area contributed by atoms with E-state index in [1.54, 1.807) is 32.4 Å². The quantitative estimate of drug-likeness (QED) is 0.164. The van der Waals surface area contributed by atoms with Gasteiger partial charge in [0.2, 0.25) is 11.7 Å². The van der Waals surface area contributed by atoms with Gasteiger partial charge in [-0.05, 0) is 50.3 Å². The summed E-state index contributed by atoms with van der Waals surface area (Å²) in [7, 11) is -1.07. The molecular weight excluding hydrogens is 550 g/mol. The molecule has 0 saturated carbocycles. The molecule has 2 atom stereocenters. The molecule has 3 heterocycles. The first-order valence-electron chi connectivity index (χ1n) is 13.6. The van der Waals surface area contributed by atoms with Crippen LogP contribution in [0.15, 0.2) is 47.3 Å². The third-order valence-corrected chi connectivity index (χ3v) is 7.42. The summed E-state index contributed by atoms with van der Waals surface area (Å²) >= 11 is 0. The number of hydrogen-bond donors (Lipinski definition) is 2. The molecule has 13 heteroatoms. The average Bonchev–Trinajstić information content (AvgIpc) is 3.47. The van der Waals surface area contributed by atoms with E-state index >= 15 is 0 Å². The summed E-state index contributed by atoms with van der Waals surface area (Å²) in [5, 5.41) is 2.87. The molecule has 41 heavy (non-hydrogen) atoms. The van der Waals surface area contributed by atoms with Crippen LogP contribution in [-0.4, -0.2) is 76.2 Å². The van der Waals surface area contributed by atoms with Crippen LogP contribution in [0.4, 0.5) is 11.8 Å². The Morgan fingerprint density at radius 2 is 2.02 bits per heavy atom. The van der Waals surface area contributed by atoms with E-state index in [2.05, 4.69) is 25.0 Å². The summed E-state index contributed by atoms with van der Waals surface area (Å²) in [5.41, 5.74) is 0.915. The van der Waals surface area contributed by atoms with Gasteiger partial charge in [0, 0.05) is 26.5 Å². The predicted octanol–water partition coefficient (Wildman–Crippen LogP) is 4.29. The standard InChI is InChI=1S/C28H41N5O7S/c1-7-8-11-23(37-6)20(4)40-25-26(33-41(34,35)24-13-12-21(17-30-24)19(2)3)31-28(29-14-16-36-5)32-27(25)39-18-22-10-9-15-38-22/h7-8,11-13,17,19-20,22H,9-10,14-16,18H2,1-6H3,(H2,29,31,32,33)/b8-7-,23-11+. The highest BCUT2D eigenvalue weighted by molar-refractivity contribution is 7.92. The van der Waals surface area contributed by atoms with Crippen molar-refractivity contribution in [2.75, 3.05) is 50.6 Å². The molecule has 2 unspecified atom stereocenters. The van der Waals surface area contributed by atoms with E-state index in [1.165, 1.54) is 13.2 Å². The van der Waals surface area contributed by atoms with Gasteiger partial charge in [0.15, 0.2) is 16.9 Å². The van der Waals surface area contributed by atoms with Crippen molar-refractivity contribution in [3.8, 4) is 11.6 Å². The molecule has 0 aliphatic carbocycles. The molecule has 0 aromatic carbocycles. The lowest BCUT2D eigenvalue weighted by molar-refractivity contribution is 0.0638. The molecule has 2 aromatic heterocycles. The van der Waals surface area contributed by atoms with E-state index in [-0.39, 0.29) is 47.1 Å². The number of sulfonamides is 1. The number of nitrogens with one attached hydrogen (secondary N) is 2. The lowest BCUT2D eigenvalue weighted by Crippen LogP contribution is -2.23. The smallest absolute Gasteiger partial charge is 0.280 e. The van der Waals surface area contributed by atoms with Gasteiger partial charge in [0.25, 0.3) is 15.9 Å². The zero-order chi connectivity index (χ0) is 29.8. The van der Waals surface area contributed by atoms with Crippen LogP contribution in [0.5, 0.6) is 11.6 Å². The molecule has 1 saturated heterocycles. The Balaban J connectivity index is 2.06. The predicted molar refractivity (Wildman–Crippen MR) is 156 cm³/mol. The summed E-state index contributed by atoms with van der Waals surface area (Å²) in [5.74, 6) is 0.746. The van der Waals surface area contributed by atoms with Crippen molar-refractivity contribution < 1.29 is 32.1 Å². The van der Waals surface area contributed by atoms with Crippen LogP contribution in [0.1, 0.15) is 52.0 Å². The van der Waals surface area contributed by atoms with Crippen molar-refractivity contribution in [2.45, 2.75) is 63.7 Å². The maximum absolute atomic E-state index is 13.5. The second kappa shape index (κ2) is 15.5. The molecule has 0 radical (unpaired) electrons. The van der Waals surface area contributed by atoms with Crippen molar-refractivity contribution in [2.24, 2.45) is 0 Å². The number of allylic oxidation sites excluding steroid dienone is 3. The van der Waals surface area contributed by atoms with Gasteiger partial charge in [0.1, 0.15) is 12.4 Å². The first-order valence-corrected chi connectivity index (χ1v) is 15.1. The number of hydrogen-bond acceptors (Lipinski definition) is 11. The number of ether oxygens (including phenoxy) is 5. The Morgan fingerprint density at radius 3 is 2.63 bits per heavy atom. The summed E-state index contributed by atoms with van der Waals surface area (Å²) in [6.07, 6.45) is 7.96. The van der Waals surface area contributed by atoms with Gasteiger partial charge >= 0.3 is 0 Å². The summed E-state index contributed by atoms with van der Waals surface area (Å²) < 4.78 is 58.1. The van der Waals surface area contributed by atoms with Gasteiger partial charge < -0.3 is 29.0 Å². The average molecular weight is 592 g/mol. The Morgan fingerprint density at radius 1 is 1.22 bits per heavy atom. The van der Waals surface area contributed by atoms with E-state index in [4.69, 9.17) is 23.7 Å². The fraction of sp³-hybridized carbons (Fsp3) is 0.536. The van der Waals surface area contributed by atoms with Gasteiger partial charge in [-0.1, -0.05) is 32.1 Å². The normalized spacial score (nSPS) is 16.7. The number of nitrogens with zero attached hydrogens (tertiary/aromatic N) is 3. The lowest BCUT2D eigenvalue weighted by atomic mass is 10.1. The largest absolute Gasteiger partial charge is 0.497 e. The van der Waals surface area contributed by atoms with Crippen LogP contribution in [0.25, 0.3) is 0 Å². The monoisotopic (exact) mass is 591 g/mol. The Hall–Kier alpha value is -3.42. The van der Waals surface area contributed by atoms with E-state index in [0.29, 0.717) is 25.5 Å². The number of methoxy groups -OCH3 is 2. The van der Waals surface area contributed by atoms with Gasteiger partial charge in [0.05, 0.1) is 19.8 Å². The van der Waals surface area contributed by atoms with Crippen molar-refractivity contribution in [1.82, 2.24) is 15.0 Å². The molecule has 0 bridgehead atoms. The van der Waals surface area contributed by atoms with Crippen LogP contribution >= 0.6 is 0 Å². The summed E-state index contributed by atoms with van der Waals surface area (Å²) in [4.78, 5) is 13.1. The molecule has 0 spiro atoms. The van der Waals surface area contributed by atoms with Crippen LogP contribution in [0.2, 0.25) is 0 Å². The SMILES string of the molecule is C/C=C\C=C(\OC)C(C)Oc1c(NS(=O)(=O)c2ccc(C(C)C)cn2)nc(NCCOC)nc1OCC1CCCO1. The van der Waals surface area contributed by atoms with Crippen molar-refractivity contribution >= 4 is 21.8 Å². The first-order chi connectivity index (χ1) is 19.7. The molecule has 0 amide bonds. The number of anilines is 2. The summed E-state index contributed by atoms with van der Waals surface area (Å²) in [6, 6.07) is 3.19. The third kappa shape index (κ3) is 9.30. The molecule has 2 aromatic rings. The molecule has 1 fully saturated rings. The second-order valence-corrected chi connectivity index (χ2v) is 11.3. The zero-order valence-electron chi connectivity index (χ0n) is 24.5. The fourth-order valence-corrected chi connectivity index (χ4v) is 4.80. The molecule has 12 nitrogen and oxygen atoms in total. The Bertz CT molecular complexity index is 1280. The minimum atomic E-state index is -4.16. The maximum atomic E-state index is 13.5. The molecular formula is C28H41N5O7S. The van der Waals surface area contributed by atoms with E-state index in [9.17, 15) is 8.42 Å². The molecule has 1 aliphatic heterocycles. The van der Waals surface area contributed by atoms with Gasteiger partial charge in [-0.25, -0.2) is 4.98 Å². The first kappa shape index (κ1) is 32.1. The fourth-order valence-electron chi connectivity index (χ4n) is 3.86. The maximum Gasteiger partial charge on any atom is 0.280 e. The Labute approximate surface area is 242 Å². The van der Waals surface area contributed by atoms with Gasteiger partial charge in [-0.2, -0.15) is 18.4 Å². The minimum Gasteiger partial charge on any atom is -0.497 e. The molecule has 1 aliphatic rings. The molecule has 2 N–H and O–H groups in total. The number of rotatable bonds is 16. The number of aromatic nitrogens is 3. The van der Waals surface area contributed by atoms with Crippen LogP contribution in [0, 0.1) is 0 Å². The van der Waals surface area contributed by atoms with Crippen LogP contribution in [0.3, 0.4) is 0 Å². The van der Waals surface area contributed by atoms with E-state index in [0.717, 1.165) is 18.4 Å². The third-order valence-electron chi connectivity index (χ3n) is 6.17. The van der Waals surface area contributed by atoms with Gasteiger partial charge in [-0.3, -0.25) is 4.72 Å². The topological polar surface area (TPSA) is 143 Å². The molecule has 226 valence electrons. The van der Waals surface area contributed by atoms with Crippen LogP contribution in [-0.2, 0) is 24.2 Å². The highest BCUT2D eigenvalue weighted by atomic mass is 32.2.